The molecular weight excluding hydrogens is 326 g/mol. The van der Waals surface area contributed by atoms with E-state index in [9.17, 15) is 9.59 Å². The van der Waals surface area contributed by atoms with Gasteiger partial charge in [0.15, 0.2) is 0 Å². The number of carbonyl (C=O) groups excluding carboxylic acids is 2. The summed E-state index contributed by atoms with van der Waals surface area (Å²) < 4.78 is 0. The highest BCUT2D eigenvalue weighted by Gasteiger charge is 2.51. The Morgan fingerprint density at radius 2 is 2.00 bits per heavy atom. The Hall–Kier alpha value is -1.59. The zero-order chi connectivity index (χ0) is 17.3. The summed E-state index contributed by atoms with van der Waals surface area (Å²) in [6.07, 6.45) is 4.40. The molecule has 2 N–H and O–H groups in total. The van der Waals surface area contributed by atoms with Crippen LogP contribution in [0.4, 0.5) is 5.69 Å². The third kappa shape index (κ3) is 3.42. The highest BCUT2D eigenvalue weighted by atomic mass is 35.5. The van der Waals surface area contributed by atoms with E-state index < -0.39 is 5.54 Å². The normalized spacial score (nSPS) is 22.6. The third-order valence-electron chi connectivity index (χ3n) is 4.95. The summed E-state index contributed by atoms with van der Waals surface area (Å²) in [5.74, 6) is -0.129. The number of nitrogens with two attached hydrogens (primary N) is 1. The summed E-state index contributed by atoms with van der Waals surface area (Å²) in [5, 5.41) is 0.640. The van der Waals surface area contributed by atoms with E-state index in [0.29, 0.717) is 11.6 Å². The number of halogens is 1. The van der Waals surface area contributed by atoms with Crippen molar-refractivity contribution >= 4 is 29.1 Å². The number of hydrogen-bond donors (Lipinski definition) is 1. The first-order chi connectivity index (χ1) is 11.4. The van der Waals surface area contributed by atoms with Gasteiger partial charge in [-0.05, 0) is 43.5 Å². The van der Waals surface area contributed by atoms with Gasteiger partial charge in [0.1, 0.15) is 6.54 Å². The van der Waals surface area contributed by atoms with Gasteiger partial charge in [0.2, 0.25) is 11.8 Å². The molecule has 1 saturated heterocycles. The van der Waals surface area contributed by atoms with E-state index >= 15 is 0 Å². The molecule has 5 nitrogen and oxygen atoms in total. The van der Waals surface area contributed by atoms with Crippen LogP contribution in [0.15, 0.2) is 24.3 Å². The van der Waals surface area contributed by atoms with E-state index in [1.165, 1.54) is 0 Å². The van der Waals surface area contributed by atoms with Gasteiger partial charge in [-0.1, -0.05) is 31.4 Å². The predicted octanol–water partition coefficient (Wildman–Crippen LogP) is 2.57. The van der Waals surface area contributed by atoms with Crippen molar-refractivity contribution in [1.82, 2.24) is 4.90 Å². The van der Waals surface area contributed by atoms with Crippen LogP contribution in [0, 0.1) is 0 Å². The number of hydrogen-bond acceptors (Lipinski definition) is 3. The number of carbonyl (C=O) groups is 2. The zero-order valence-corrected chi connectivity index (χ0v) is 14.8. The largest absolute Gasteiger partial charge is 0.327 e. The van der Waals surface area contributed by atoms with E-state index in [1.807, 2.05) is 12.1 Å². The van der Waals surface area contributed by atoms with Gasteiger partial charge in [-0.2, -0.15) is 0 Å². The minimum Gasteiger partial charge on any atom is -0.327 e. The van der Waals surface area contributed by atoms with Gasteiger partial charge >= 0.3 is 0 Å². The molecule has 2 amide bonds. The first kappa shape index (κ1) is 17.2. The lowest BCUT2D eigenvalue weighted by Gasteiger charge is -2.42. The molecule has 0 aromatic heterocycles. The molecule has 2 aliphatic rings. The smallest absolute Gasteiger partial charge is 0.246 e. The Morgan fingerprint density at radius 3 is 2.58 bits per heavy atom. The summed E-state index contributed by atoms with van der Waals surface area (Å²) in [5.41, 5.74) is 6.19. The van der Waals surface area contributed by atoms with Gasteiger partial charge in [-0.15, -0.1) is 0 Å². The van der Waals surface area contributed by atoms with Crippen molar-refractivity contribution in [3.8, 4) is 0 Å². The molecule has 1 heterocycles. The van der Waals surface area contributed by atoms with Crippen LogP contribution >= 0.6 is 11.6 Å². The maximum Gasteiger partial charge on any atom is 0.246 e. The van der Waals surface area contributed by atoms with E-state index in [0.717, 1.165) is 37.8 Å². The topological polar surface area (TPSA) is 66.6 Å². The molecular formula is C18H24ClN3O2. The van der Waals surface area contributed by atoms with Crippen molar-refractivity contribution in [2.45, 2.75) is 50.6 Å². The van der Waals surface area contributed by atoms with Crippen LogP contribution in [0.25, 0.3) is 0 Å². The van der Waals surface area contributed by atoms with Crippen LogP contribution in [-0.2, 0) is 9.59 Å². The van der Waals surface area contributed by atoms with Gasteiger partial charge in [-0.25, -0.2) is 0 Å². The fourth-order valence-electron chi connectivity index (χ4n) is 3.20. The van der Waals surface area contributed by atoms with Crippen LogP contribution in [0.3, 0.4) is 0 Å². The van der Waals surface area contributed by atoms with Crippen LogP contribution in [0.2, 0.25) is 5.02 Å². The Labute approximate surface area is 147 Å². The molecule has 24 heavy (non-hydrogen) atoms. The number of piperazine rings is 1. The molecule has 130 valence electrons. The summed E-state index contributed by atoms with van der Waals surface area (Å²) in [6.45, 7) is 2.75. The zero-order valence-electron chi connectivity index (χ0n) is 14.0. The second kappa shape index (κ2) is 6.73. The van der Waals surface area contributed by atoms with Crippen molar-refractivity contribution in [2.24, 2.45) is 5.73 Å². The number of nitrogens with zero attached hydrogens (tertiary/aromatic N) is 2. The van der Waals surface area contributed by atoms with Crippen LogP contribution in [0.1, 0.15) is 39.0 Å². The van der Waals surface area contributed by atoms with Gasteiger partial charge in [-0.3, -0.25) is 9.59 Å². The molecule has 0 bridgehead atoms. The lowest BCUT2D eigenvalue weighted by atomic mass is 10.0. The van der Waals surface area contributed by atoms with E-state index in [1.54, 1.807) is 21.9 Å². The maximum atomic E-state index is 12.7. The molecule has 0 spiro atoms. The average Bonchev–Trinajstić information content (AvgIpc) is 3.32. The maximum absolute atomic E-state index is 12.7. The second-order valence-corrected chi connectivity index (χ2v) is 7.30. The Kier molecular flexibility index (Phi) is 4.83. The Bertz CT molecular complexity index is 628. The van der Waals surface area contributed by atoms with Gasteiger partial charge in [0.25, 0.3) is 0 Å². The molecule has 3 rings (SSSR count). The van der Waals surface area contributed by atoms with Gasteiger partial charge in [0, 0.05) is 17.3 Å². The first-order valence-corrected chi connectivity index (χ1v) is 8.98. The third-order valence-corrected chi connectivity index (χ3v) is 5.20. The van der Waals surface area contributed by atoms with E-state index in [4.69, 9.17) is 17.3 Å². The van der Waals surface area contributed by atoms with Gasteiger partial charge < -0.3 is 15.5 Å². The lowest BCUT2D eigenvalue weighted by molar-refractivity contribution is -0.141. The molecule has 0 unspecified atom stereocenters. The molecule has 1 saturated carbocycles. The van der Waals surface area contributed by atoms with Crippen LogP contribution < -0.4 is 10.6 Å². The molecule has 1 atom stereocenters. The SMILES string of the molecule is CCCC[C@@H]1CN(c2ccc(Cl)cc2)C(=O)CN1C(=O)C1(N)CC1. The molecule has 1 aliphatic heterocycles. The molecule has 6 heteroatoms. The fraction of sp³-hybridized carbons (Fsp3) is 0.556. The quantitative estimate of drug-likeness (QED) is 0.888. The number of anilines is 1. The molecule has 2 fully saturated rings. The monoisotopic (exact) mass is 349 g/mol. The summed E-state index contributed by atoms with van der Waals surface area (Å²) in [7, 11) is 0. The van der Waals surface area contributed by atoms with Crippen molar-refractivity contribution in [3.05, 3.63) is 29.3 Å². The number of amides is 2. The standard InChI is InChI=1S/C18H24ClN3O2/c1-2-3-4-15-11-21(14-7-5-13(19)6-8-14)16(23)12-22(15)17(24)18(20)9-10-18/h5-8,15H,2-4,9-12,20H2,1H3/t15-/m1/s1. The number of benzene rings is 1. The Balaban J connectivity index is 1.80. The molecule has 0 radical (unpaired) electrons. The summed E-state index contributed by atoms with van der Waals surface area (Å²) in [6, 6.07) is 7.27. The Morgan fingerprint density at radius 1 is 1.33 bits per heavy atom. The number of unbranched alkanes of at least 4 members (excludes halogenated alkanes) is 1. The molecule has 1 aromatic rings. The van der Waals surface area contributed by atoms with Crippen molar-refractivity contribution in [2.75, 3.05) is 18.0 Å². The van der Waals surface area contributed by atoms with Gasteiger partial charge in [0.05, 0.1) is 11.6 Å². The first-order valence-electron chi connectivity index (χ1n) is 8.60. The number of rotatable bonds is 5. The highest BCUT2D eigenvalue weighted by Crippen LogP contribution is 2.36. The van der Waals surface area contributed by atoms with Crippen molar-refractivity contribution < 1.29 is 9.59 Å². The highest BCUT2D eigenvalue weighted by molar-refractivity contribution is 6.30. The average molecular weight is 350 g/mol. The lowest BCUT2D eigenvalue weighted by Crippen LogP contribution is -2.61. The molecule has 1 aliphatic carbocycles. The second-order valence-electron chi connectivity index (χ2n) is 6.87. The van der Waals surface area contributed by atoms with E-state index in [2.05, 4.69) is 6.92 Å². The minimum absolute atomic E-state index is 0.0202. The summed E-state index contributed by atoms with van der Waals surface area (Å²) in [4.78, 5) is 28.8. The van der Waals surface area contributed by atoms with Crippen molar-refractivity contribution in [3.63, 3.8) is 0 Å². The minimum atomic E-state index is -0.729. The van der Waals surface area contributed by atoms with Crippen LogP contribution in [-0.4, -0.2) is 41.4 Å². The van der Waals surface area contributed by atoms with Crippen molar-refractivity contribution in [1.29, 1.82) is 0 Å². The predicted molar refractivity (Wildman–Crippen MR) is 95.0 cm³/mol. The fourth-order valence-corrected chi connectivity index (χ4v) is 3.33. The summed E-state index contributed by atoms with van der Waals surface area (Å²) >= 11 is 5.94. The molecule has 1 aromatic carbocycles. The van der Waals surface area contributed by atoms with E-state index in [-0.39, 0.29) is 24.4 Å². The van der Waals surface area contributed by atoms with Crippen LogP contribution in [0.5, 0.6) is 0 Å².